The van der Waals surface area contributed by atoms with Crippen molar-refractivity contribution in [1.29, 1.82) is 0 Å². The quantitative estimate of drug-likeness (QED) is 0.607. The van der Waals surface area contributed by atoms with Gasteiger partial charge >= 0.3 is 5.97 Å². The van der Waals surface area contributed by atoms with Crippen LogP contribution in [0.4, 0.5) is 0 Å². The minimum absolute atomic E-state index is 0.0317. The Morgan fingerprint density at radius 3 is 2.32 bits per heavy atom. The van der Waals surface area contributed by atoms with E-state index in [1.165, 1.54) is 44.9 Å². The number of likely N-dealkylation sites (tertiary alicyclic amines) is 1. The lowest BCUT2D eigenvalue weighted by Crippen LogP contribution is -2.50. The molecule has 2 aliphatic carbocycles. The molecule has 0 amide bonds. The molecule has 0 aromatic heterocycles. The maximum Gasteiger partial charge on any atom is 0.309 e. The van der Waals surface area contributed by atoms with Crippen LogP contribution < -0.4 is 5.73 Å². The van der Waals surface area contributed by atoms with Crippen LogP contribution in [-0.4, -0.2) is 43.0 Å². The summed E-state index contributed by atoms with van der Waals surface area (Å²) in [5.41, 5.74) is 6.94. The van der Waals surface area contributed by atoms with E-state index < -0.39 is 0 Å². The summed E-state index contributed by atoms with van der Waals surface area (Å²) in [6.45, 7) is 3.96. The van der Waals surface area contributed by atoms with Gasteiger partial charge in [0.1, 0.15) is 0 Å². The molecule has 2 N–H and O–H groups in total. The molecule has 1 saturated heterocycles. The molecule has 25 heavy (non-hydrogen) atoms. The summed E-state index contributed by atoms with van der Waals surface area (Å²) < 4.78 is 11.3. The van der Waals surface area contributed by atoms with Crippen LogP contribution in [0.5, 0.6) is 0 Å². The van der Waals surface area contributed by atoms with Crippen LogP contribution in [0.15, 0.2) is 0 Å². The second-order valence-corrected chi connectivity index (χ2v) is 8.35. The fraction of sp³-hybridized carbons (Fsp3) is 0.950. The van der Waals surface area contributed by atoms with Crippen LogP contribution >= 0.6 is 0 Å². The van der Waals surface area contributed by atoms with E-state index in [-0.39, 0.29) is 18.2 Å². The maximum atomic E-state index is 11.8. The molecule has 3 fully saturated rings. The zero-order chi connectivity index (χ0) is 17.7. The first-order chi connectivity index (χ1) is 12.1. The lowest BCUT2D eigenvalue weighted by atomic mass is 9.65. The van der Waals surface area contributed by atoms with Gasteiger partial charge < -0.3 is 9.47 Å². The molecule has 0 aromatic rings. The molecular formula is C20H36N2O3. The number of rotatable bonds is 5. The standard InChI is InChI=1S/C20H36N2O3/c1-2-24-18(23)16-8-14-22(15-9-16)19(21)25-17-6-12-20(13-7-17)10-4-3-5-11-20/h16-17,19H,2-15,21H2,1H3. The third-order valence-electron chi connectivity index (χ3n) is 6.75. The number of hydrogen-bond acceptors (Lipinski definition) is 5. The highest BCUT2D eigenvalue weighted by Gasteiger charge is 2.37. The van der Waals surface area contributed by atoms with Crippen molar-refractivity contribution in [2.24, 2.45) is 17.1 Å². The number of carbonyl (C=O) groups excluding carboxylic acids is 1. The molecule has 144 valence electrons. The first kappa shape index (κ1) is 19.1. The summed E-state index contributed by atoms with van der Waals surface area (Å²) in [5, 5.41) is 0. The van der Waals surface area contributed by atoms with Crippen LogP contribution in [0.2, 0.25) is 0 Å². The smallest absolute Gasteiger partial charge is 0.309 e. The first-order valence-electron chi connectivity index (χ1n) is 10.4. The minimum Gasteiger partial charge on any atom is -0.466 e. The average Bonchev–Trinajstić information content (AvgIpc) is 2.65. The Bertz CT molecular complexity index is 419. The number of nitrogens with two attached hydrogens (primary N) is 1. The van der Waals surface area contributed by atoms with E-state index in [1.54, 1.807) is 0 Å². The largest absolute Gasteiger partial charge is 0.466 e. The van der Waals surface area contributed by atoms with Crippen LogP contribution in [0.3, 0.4) is 0 Å². The highest BCUT2D eigenvalue weighted by molar-refractivity contribution is 5.72. The third kappa shape index (κ3) is 4.95. The summed E-state index contributed by atoms with van der Waals surface area (Å²) in [6, 6.07) is 0. The van der Waals surface area contributed by atoms with Gasteiger partial charge in [-0.25, -0.2) is 0 Å². The molecule has 1 aliphatic heterocycles. The second kappa shape index (κ2) is 8.83. The summed E-state index contributed by atoms with van der Waals surface area (Å²) in [4.78, 5) is 14.0. The molecule has 2 saturated carbocycles. The van der Waals surface area contributed by atoms with E-state index in [1.807, 2.05) is 6.92 Å². The van der Waals surface area contributed by atoms with Gasteiger partial charge in [-0.1, -0.05) is 19.3 Å². The van der Waals surface area contributed by atoms with Gasteiger partial charge in [0.2, 0.25) is 0 Å². The first-order valence-corrected chi connectivity index (χ1v) is 10.4. The number of piperidine rings is 1. The molecule has 3 aliphatic rings. The van der Waals surface area contributed by atoms with Crippen molar-refractivity contribution >= 4 is 5.97 Å². The zero-order valence-corrected chi connectivity index (χ0v) is 15.9. The number of hydrogen-bond donors (Lipinski definition) is 1. The van der Waals surface area contributed by atoms with Gasteiger partial charge in [0.25, 0.3) is 0 Å². The molecule has 1 atom stereocenters. The van der Waals surface area contributed by atoms with Crippen LogP contribution in [-0.2, 0) is 14.3 Å². The van der Waals surface area contributed by atoms with Crippen molar-refractivity contribution in [3.8, 4) is 0 Å². The van der Waals surface area contributed by atoms with Gasteiger partial charge in [0, 0.05) is 13.1 Å². The highest BCUT2D eigenvalue weighted by atomic mass is 16.5. The van der Waals surface area contributed by atoms with E-state index in [2.05, 4.69) is 4.90 Å². The molecule has 1 unspecified atom stereocenters. The summed E-state index contributed by atoms with van der Waals surface area (Å²) >= 11 is 0. The zero-order valence-electron chi connectivity index (χ0n) is 15.9. The second-order valence-electron chi connectivity index (χ2n) is 8.35. The predicted molar refractivity (Wildman–Crippen MR) is 97.8 cm³/mol. The van der Waals surface area contributed by atoms with E-state index in [0.29, 0.717) is 18.1 Å². The van der Waals surface area contributed by atoms with Gasteiger partial charge in [-0.05, 0) is 63.7 Å². The lowest BCUT2D eigenvalue weighted by molar-refractivity contribution is -0.154. The summed E-state index contributed by atoms with van der Waals surface area (Å²) in [6.07, 6.45) is 13.7. The van der Waals surface area contributed by atoms with Gasteiger partial charge in [-0.2, -0.15) is 0 Å². The molecule has 5 heteroatoms. The molecule has 3 rings (SSSR count). The van der Waals surface area contributed by atoms with Crippen molar-refractivity contribution in [3.63, 3.8) is 0 Å². The van der Waals surface area contributed by atoms with Crippen molar-refractivity contribution < 1.29 is 14.3 Å². The van der Waals surface area contributed by atoms with Gasteiger partial charge in [-0.15, -0.1) is 0 Å². The van der Waals surface area contributed by atoms with E-state index >= 15 is 0 Å². The Morgan fingerprint density at radius 2 is 1.72 bits per heavy atom. The Hall–Kier alpha value is -0.650. The van der Waals surface area contributed by atoms with Crippen LogP contribution in [0.1, 0.15) is 77.6 Å². The number of nitrogens with zero attached hydrogens (tertiary/aromatic N) is 1. The molecule has 0 bridgehead atoms. The van der Waals surface area contributed by atoms with E-state index in [0.717, 1.165) is 38.8 Å². The molecule has 5 nitrogen and oxygen atoms in total. The van der Waals surface area contributed by atoms with Crippen LogP contribution in [0, 0.1) is 11.3 Å². The minimum atomic E-state index is -0.325. The molecule has 1 spiro atoms. The Morgan fingerprint density at radius 1 is 1.08 bits per heavy atom. The molecule has 0 radical (unpaired) electrons. The van der Waals surface area contributed by atoms with Crippen LogP contribution in [0.25, 0.3) is 0 Å². The average molecular weight is 353 g/mol. The maximum absolute atomic E-state index is 11.8. The predicted octanol–water partition coefficient (Wildman–Crippen LogP) is 3.41. The van der Waals surface area contributed by atoms with E-state index in [4.69, 9.17) is 15.2 Å². The number of carbonyl (C=O) groups is 1. The van der Waals surface area contributed by atoms with Gasteiger partial charge in [0.15, 0.2) is 6.35 Å². The SMILES string of the molecule is CCOC(=O)C1CCN(C(N)OC2CCC3(CCCCC3)CC2)CC1. The lowest BCUT2D eigenvalue weighted by Gasteiger charge is -2.44. The fourth-order valence-corrected chi connectivity index (χ4v) is 5.07. The Balaban J connectivity index is 1.38. The number of ether oxygens (including phenoxy) is 2. The Kier molecular flexibility index (Phi) is 6.75. The number of esters is 1. The fourth-order valence-electron chi connectivity index (χ4n) is 5.07. The van der Waals surface area contributed by atoms with Crippen molar-refractivity contribution in [1.82, 2.24) is 4.90 Å². The van der Waals surface area contributed by atoms with Gasteiger partial charge in [-0.3, -0.25) is 15.4 Å². The van der Waals surface area contributed by atoms with Crippen molar-refractivity contribution in [2.45, 2.75) is 90.0 Å². The van der Waals surface area contributed by atoms with Crippen molar-refractivity contribution in [3.05, 3.63) is 0 Å². The van der Waals surface area contributed by atoms with E-state index in [9.17, 15) is 4.79 Å². The molecule has 0 aromatic carbocycles. The summed E-state index contributed by atoms with van der Waals surface area (Å²) in [5.74, 6) is -0.0223. The molecule has 1 heterocycles. The monoisotopic (exact) mass is 352 g/mol. The summed E-state index contributed by atoms with van der Waals surface area (Å²) in [7, 11) is 0. The van der Waals surface area contributed by atoms with Crippen molar-refractivity contribution in [2.75, 3.05) is 19.7 Å². The Labute approximate surface area is 152 Å². The van der Waals surface area contributed by atoms with Gasteiger partial charge in [0.05, 0.1) is 18.6 Å². The topological polar surface area (TPSA) is 64.8 Å². The third-order valence-corrected chi connectivity index (χ3v) is 6.75. The normalized spacial score (nSPS) is 27.3. The molecular weight excluding hydrogens is 316 g/mol. The highest BCUT2D eigenvalue weighted by Crippen LogP contribution is 2.47.